The summed E-state index contributed by atoms with van der Waals surface area (Å²) >= 11 is 0. The minimum Gasteiger partial charge on any atom is -0.369 e. The van der Waals surface area contributed by atoms with Crippen molar-refractivity contribution in [3.8, 4) is 0 Å². The molecule has 0 spiro atoms. The molecule has 90 valence electrons. The van der Waals surface area contributed by atoms with Gasteiger partial charge in [-0.05, 0) is 0 Å². The highest BCUT2D eigenvalue weighted by Gasteiger charge is 2.10. The van der Waals surface area contributed by atoms with Crippen LogP contribution in [-0.4, -0.2) is 26.9 Å². The van der Waals surface area contributed by atoms with Gasteiger partial charge < -0.3 is 11.1 Å². The number of rotatable bonds is 6. The van der Waals surface area contributed by atoms with E-state index in [1.54, 1.807) is 11.6 Å². The number of hydrogen-bond acceptors (Lipinski definition) is 4. The molecule has 0 bridgehead atoms. The Morgan fingerprint density at radius 1 is 1.56 bits per heavy atom. The van der Waals surface area contributed by atoms with Gasteiger partial charge in [0.1, 0.15) is 0 Å². The number of primary amides is 1. The minimum absolute atomic E-state index is 0.229. The van der Waals surface area contributed by atoms with Crippen LogP contribution in [0.15, 0.2) is 6.20 Å². The van der Waals surface area contributed by atoms with Crippen LogP contribution in [0.1, 0.15) is 26.5 Å². The van der Waals surface area contributed by atoms with Gasteiger partial charge in [0.15, 0.2) is 0 Å². The highest BCUT2D eigenvalue weighted by molar-refractivity contribution is 5.76. The number of nitrogens with two attached hydrogens (primary N) is 1. The third kappa shape index (κ3) is 3.98. The van der Waals surface area contributed by atoms with E-state index in [0.29, 0.717) is 19.1 Å². The zero-order chi connectivity index (χ0) is 12.1. The maximum Gasteiger partial charge on any atom is 0.222 e. The highest BCUT2D eigenvalue weighted by atomic mass is 16.1. The summed E-state index contributed by atoms with van der Waals surface area (Å²) in [5, 5.41) is 11.2. The Morgan fingerprint density at radius 2 is 2.25 bits per heavy atom. The third-order valence-electron chi connectivity index (χ3n) is 2.22. The fourth-order valence-corrected chi connectivity index (χ4v) is 1.19. The van der Waals surface area contributed by atoms with E-state index < -0.39 is 0 Å². The predicted octanol–water partition coefficient (Wildman–Crippen LogP) is -0.102. The second-order valence-corrected chi connectivity index (χ2v) is 4.27. The van der Waals surface area contributed by atoms with Crippen LogP contribution in [0.3, 0.4) is 0 Å². The zero-order valence-corrected chi connectivity index (χ0v) is 9.97. The molecular formula is C10H19N5O. The first-order chi connectivity index (χ1) is 7.49. The molecule has 16 heavy (non-hydrogen) atoms. The van der Waals surface area contributed by atoms with E-state index in [0.717, 1.165) is 5.69 Å². The second-order valence-electron chi connectivity index (χ2n) is 4.27. The Morgan fingerprint density at radius 3 is 2.81 bits per heavy atom. The molecule has 1 atom stereocenters. The van der Waals surface area contributed by atoms with Gasteiger partial charge >= 0.3 is 0 Å². The van der Waals surface area contributed by atoms with E-state index in [9.17, 15) is 4.79 Å². The summed E-state index contributed by atoms with van der Waals surface area (Å²) in [5.74, 6) is -0.551. The first-order valence-electron chi connectivity index (χ1n) is 5.40. The van der Waals surface area contributed by atoms with Crippen molar-refractivity contribution in [2.45, 2.75) is 39.9 Å². The van der Waals surface area contributed by atoms with Crippen LogP contribution in [0, 0.1) is 5.92 Å². The molecule has 3 N–H and O–H groups in total. The number of nitrogens with zero attached hydrogens (tertiary/aromatic N) is 3. The first-order valence-corrected chi connectivity index (χ1v) is 5.40. The van der Waals surface area contributed by atoms with Crippen molar-refractivity contribution in [2.75, 3.05) is 0 Å². The highest BCUT2D eigenvalue weighted by Crippen LogP contribution is 2.00. The smallest absolute Gasteiger partial charge is 0.222 e. The topological polar surface area (TPSA) is 85.8 Å². The van der Waals surface area contributed by atoms with Crippen LogP contribution in [0.5, 0.6) is 0 Å². The molecule has 0 radical (unpaired) electrons. The van der Waals surface area contributed by atoms with Gasteiger partial charge in [-0.15, -0.1) is 5.10 Å². The molecule has 1 unspecified atom stereocenters. The van der Waals surface area contributed by atoms with Gasteiger partial charge in [-0.25, -0.2) is 0 Å². The standard InChI is InChI=1S/C10H19N5O/c1-7(2)12-4-9-6-15(14-13-9)5-8(3)10(11)16/h6-8,12H,4-5H2,1-3H3,(H2,11,16). The number of amides is 1. The summed E-state index contributed by atoms with van der Waals surface area (Å²) in [4.78, 5) is 10.9. The molecule has 1 amide bonds. The summed E-state index contributed by atoms with van der Waals surface area (Å²) in [6, 6.07) is 0.412. The summed E-state index contributed by atoms with van der Waals surface area (Å²) < 4.78 is 1.65. The molecule has 0 aliphatic heterocycles. The monoisotopic (exact) mass is 225 g/mol. The van der Waals surface area contributed by atoms with Crippen molar-refractivity contribution in [1.82, 2.24) is 20.3 Å². The van der Waals surface area contributed by atoms with Gasteiger partial charge in [-0.1, -0.05) is 26.0 Å². The van der Waals surface area contributed by atoms with Gasteiger partial charge in [-0.2, -0.15) is 0 Å². The predicted molar refractivity (Wildman–Crippen MR) is 60.4 cm³/mol. The Labute approximate surface area is 95.2 Å². The number of carbonyl (C=O) groups is 1. The van der Waals surface area contributed by atoms with Gasteiger partial charge in [0.05, 0.1) is 18.2 Å². The minimum atomic E-state index is -0.322. The summed E-state index contributed by atoms with van der Waals surface area (Å²) in [5.41, 5.74) is 6.04. The largest absolute Gasteiger partial charge is 0.369 e. The lowest BCUT2D eigenvalue weighted by molar-refractivity contribution is -0.121. The molecule has 0 saturated heterocycles. The maximum absolute atomic E-state index is 10.9. The van der Waals surface area contributed by atoms with Crippen molar-refractivity contribution < 1.29 is 4.79 Å². The molecule has 1 aromatic heterocycles. The van der Waals surface area contributed by atoms with Crippen molar-refractivity contribution in [3.05, 3.63) is 11.9 Å². The van der Waals surface area contributed by atoms with E-state index in [1.165, 1.54) is 0 Å². The van der Waals surface area contributed by atoms with Gasteiger partial charge in [0, 0.05) is 18.8 Å². The van der Waals surface area contributed by atoms with Crippen LogP contribution in [-0.2, 0) is 17.9 Å². The molecule has 1 aromatic rings. The summed E-state index contributed by atoms with van der Waals surface area (Å²) in [6.45, 7) is 7.07. The molecule has 0 aliphatic rings. The molecule has 0 aliphatic carbocycles. The normalized spacial score (nSPS) is 13.0. The molecule has 6 nitrogen and oxygen atoms in total. The fraction of sp³-hybridized carbons (Fsp3) is 0.700. The lowest BCUT2D eigenvalue weighted by atomic mass is 10.2. The Balaban J connectivity index is 2.48. The van der Waals surface area contributed by atoms with Gasteiger partial charge in [-0.3, -0.25) is 9.48 Å². The second kappa shape index (κ2) is 5.60. The Kier molecular flexibility index (Phi) is 4.42. The van der Waals surface area contributed by atoms with Crippen LogP contribution < -0.4 is 11.1 Å². The zero-order valence-electron chi connectivity index (χ0n) is 9.97. The lowest BCUT2D eigenvalue weighted by Crippen LogP contribution is -2.25. The molecule has 0 saturated carbocycles. The summed E-state index contributed by atoms with van der Waals surface area (Å²) in [7, 11) is 0. The van der Waals surface area contributed by atoms with E-state index in [4.69, 9.17) is 5.73 Å². The van der Waals surface area contributed by atoms with E-state index >= 15 is 0 Å². The average Bonchev–Trinajstić information content (AvgIpc) is 2.62. The maximum atomic E-state index is 10.9. The third-order valence-corrected chi connectivity index (χ3v) is 2.22. The number of hydrogen-bond donors (Lipinski definition) is 2. The lowest BCUT2D eigenvalue weighted by Gasteiger charge is -2.06. The number of aromatic nitrogens is 3. The van der Waals surface area contributed by atoms with Crippen molar-refractivity contribution in [3.63, 3.8) is 0 Å². The molecule has 1 heterocycles. The van der Waals surface area contributed by atoms with E-state index in [-0.39, 0.29) is 11.8 Å². The van der Waals surface area contributed by atoms with Crippen LogP contribution >= 0.6 is 0 Å². The molecule has 0 fully saturated rings. The molecule has 0 aromatic carbocycles. The quantitative estimate of drug-likeness (QED) is 0.707. The Hall–Kier alpha value is -1.43. The SMILES string of the molecule is CC(C)NCc1cn(CC(C)C(N)=O)nn1. The van der Waals surface area contributed by atoms with Gasteiger partial charge in [0.25, 0.3) is 0 Å². The number of carbonyl (C=O) groups excluding carboxylic acids is 1. The first kappa shape index (κ1) is 12.6. The molecule has 6 heteroatoms. The van der Waals surface area contributed by atoms with Gasteiger partial charge in [0.2, 0.25) is 5.91 Å². The van der Waals surface area contributed by atoms with E-state index in [2.05, 4.69) is 29.5 Å². The van der Waals surface area contributed by atoms with Crippen LogP contribution in [0.2, 0.25) is 0 Å². The van der Waals surface area contributed by atoms with Crippen molar-refractivity contribution in [2.24, 2.45) is 11.7 Å². The summed E-state index contributed by atoms with van der Waals surface area (Å²) in [6.07, 6.45) is 1.83. The molecule has 1 rings (SSSR count). The number of nitrogens with one attached hydrogen (secondary N) is 1. The molecular weight excluding hydrogens is 206 g/mol. The van der Waals surface area contributed by atoms with Crippen molar-refractivity contribution >= 4 is 5.91 Å². The average molecular weight is 225 g/mol. The fourth-order valence-electron chi connectivity index (χ4n) is 1.19. The van der Waals surface area contributed by atoms with E-state index in [1.807, 2.05) is 6.20 Å². The van der Waals surface area contributed by atoms with Crippen molar-refractivity contribution in [1.29, 1.82) is 0 Å². The van der Waals surface area contributed by atoms with Crippen LogP contribution in [0.25, 0.3) is 0 Å². The Bertz CT molecular complexity index is 347. The van der Waals surface area contributed by atoms with Crippen LogP contribution in [0.4, 0.5) is 0 Å².